The monoisotopic (exact) mass is 278 g/mol. The van der Waals surface area contributed by atoms with Gasteiger partial charge < -0.3 is 0 Å². The molecule has 0 saturated heterocycles. The Labute approximate surface area is 63.1 Å². The summed E-state index contributed by atoms with van der Waals surface area (Å²) < 4.78 is 0.0833. The summed E-state index contributed by atoms with van der Waals surface area (Å²) in [6.07, 6.45) is 0. The van der Waals surface area contributed by atoms with Crippen LogP contribution in [0.15, 0.2) is 0 Å². The van der Waals surface area contributed by atoms with Crippen molar-refractivity contribution in [3.8, 4) is 0 Å². The van der Waals surface area contributed by atoms with Crippen molar-refractivity contribution in [1.29, 1.82) is 0 Å². The minimum atomic E-state index is 0.0833. The van der Waals surface area contributed by atoms with Gasteiger partial charge in [-0.1, -0.05) is 47.8 Å². The van der Waals surface area contributed by atoms with E-state index in [1.807, 2.05) is 6.92 Å². The van der Waals surface area contributed by atoms with E-state index in [0.29, 0.717) is 0 Å². The van der Waals surface area contributed by atoms with Gasteiger partial charge in [0.25, 0.3) is 0 Å². The number of rotatable bonds is 1. The largest absolute Gasteiger partial charge is 0.0904 e. The first-order valence-electron chi connectivity index (χ1n) is 1.50. The van der Waals surface area contributed by atoms with Crippen LogP contribution >= 0.6 is 47.8 Å². The molecule has 0 aromatic heterocycles. The molecule has 0 atom stereocenters. The fourth-order valence-corrected chi connectivity index (χ4v) is 0. The standard InChI is InChI=1S/C3H5Br3/c1-3(5,6)2-4/h2H2,1H3. The van der Waals surface area contributed by atoms with Crippen LogP contribution in [0.2, 0.25) is 0 Å². The fraction of sp³-hybridized carbons (Fsp3) is 1.00. The summed E-state index contributed by atoms with van der Waals surface area (Å²) >= 11 is 9.97. The minimum Gasteiger partial charge on any atom is -0.0904 e. The molecule has 0 spiro atoms. The van der Waals surface area contributed by atoms with Gasteiger partial charge in [0.05, 0.1) is 3.23 Å². The van der Waals surface area contributed by atoms with Gasteiger partial charge in [-0.15, -0.1) is 0 Å². The molecule has 0 nitrogen and oxygen atoms in total. The maximum atomic E-state index is 3.35. The summed E-state index contributed by atoms with van der Waals surface area (Å²) in [6, 6.07) is 0. The highest BCUT2D eigenvalue weighted by Gasteiger charge is 2.10. The molecule has 0 aliphatic heterocycles. The summed E-state index contributed by atoms with van der Waals surface area (Å²) in [5, 5.41) is 0.917. The van der Waals surface area contributed by atoms with Crippen LogP contribution in [0.25, 0.3) is 0 Å². The number of hydrogen-bond donors (Lipinski definition) is 0. The molecule has 0 saturated carbocycles. The zero-order valence-corrected chi connectivity index (χ0v) is 8.10. The van der Waals surface area contributed by atoms with E-state index >= 15 is 0 Å². The lowest BCUT2D eigenvalue weighted by Gasteiger charge is -2.05. The molecule has 0 N–H and O–H groups in total. The van der Waals surface area contributed by atoms with Gasteiger partial charge in [-0.2, -0.15) is 0 Å². The third kappa shape index (κ3) is 5.44. The van der Waals surface area contributed by atoms with E-state index < -0.39 is 0 Å². The van der Waals surface area contributed by atoms with Crippen LogP contribution in [0.3, 0.4) is 0 Å². The SMILES string of the molecule is CC(Br)(Br)CBr. The van der Waals surface area contributed by atoms with Gasteiger partial charge >= 0.3 is 0 Å². The number of alkyl halides is 3. The normalized spacial score (nSPS) is 12.0. The lowest BCUT2D eigenvalue weighted by molar-refractivity contribution is 1.10. The van der Waals surface area contributed by atoms with E-state index in [2.05, 4.69) is 47.8 Å². The molecule has 0 aliphatic rings. The van der Waals surface area contributed by atoms with Crippen molar-refractivity contribution in [2.24, 2.45) is 0 Å². The molecule has 0 radical (unpaired) electrons. The van der Waals surface area contributed by atoms with E-state index in [9.17, 15) is 0 Å². The molecule has 0 aromatic carbocycles. The average Bonchev–Trinajstić information content (AvgIpc) is 1.35. The van der Waals surface area contributed by atoms with Crippen molar-refractivity contribution in [2.45, 2.75) is 10.2 Å². The molecule has 0 aliphatic carbocycles. The molecule has 0 unspecified atom stereocenters. The van der Waals surface area contributed by atoms with Crippen LogP contribution in [0.4, 0.5) is 0 Å². The Morgan fingerprint density at radius 2 is 1.67 bits per heavy atom. The molecule has 0 aromatic rings. The third-order valence-electron chi connectivity index (χ3n) is 0.235. The highest BCUT2D eigenvalue weighted by molar-refractivity contribution is 9.26. The van der Waals surface area contributed by atoms with Crippen LogP contribution in [-0.4, -0.2) is 8.56 Å². The lowest BCUT2D eigenvalue weighted by atomic mass is 10.6. The predicted molar refractivity (Wildman–Crippen MR) is 40.1 cm³/mol. The molecule has 0 amide bonds. The van der Waals surface area contributed by atoms with Crippen LogP contribution < -0.4 is 0 Å². The van der Waals surface area contributed by atoms with Crippen LogP contribution in [-0.2, 0) is 0 Å². The van der Waals surface area contributed by atoms with E-state index in [1.165, 1.54) is 0 Å². The fourth-order valence-electron chi connectivity index (χ4n) is 0. The van der Waals surface area contributed by atoms with Gasteiger partial charge in [0.1, 0.15) is 0 Å². The Balaban J connectivity index is 3.17. The summed E-state index contributed by atoms with van der Waals surface area (Å²) in [5.41, 5.74) is 0. The topological polar surface area (TPSA) is 0 Å². The molecule has 3 heteroatoms. The number of hydrogen-bond acceptors (Lipinski definition) is 0. The lowest BCUT2D eigenvalue weighted by Crippen LogP contribution is -2.03. The maximum Gasteiger partial charge on any atom is 0.0873 e. The average molecular weight is 281 g/mol. The van der Waals surface area contributed by atoms with Gasteiger partial charge in [0.2, 0.25) is 0 Å². The zero-order chi connectivity index (χ0) is 5.21. The Bertz CT molecular complexity index is 35.8. The van der Waals surface area contributed by atoms with Crippen molar-refractivity contribution in [1.82, 2.24) is 0 Å². The van der Waals surface area contributed by atoms with E-state index in [4.69, 9.17) is 0 Å². The first-order valence-corrected chi connectivity index (χ1v) is 4.21. The Hall–Kier alpha value is 1.44. The molecule has 0 heterocycles. The van der Waals surface area contributed by atoms with Crippen molar-refractivity contribution < 1.29 is 0 Å². The second kappa shape index (κ2) is 2.68. The maximum absolute atomic E-state index is 3.35. The Morgan fingerprint density at radius 3 is 1.67 bits per heavy atom. The zero-order valence-electron chi connectivity index (χ0n) is 3.34. The van der Waals surface area contributed by atoms with Crippen molar-refractivity contribution in [2.75, 3.05) is 5.33 Å². The molecule has 0 rings (SSSR count). The molecule has 0 bridgehead atoms. The van der Waals surface area contributed by atoms with Crippen LogP contribution in [0.5, 0.6) is 0 Å². The first-order chi connectivity index (χ1) is 2.56. The van der Waals surface area contributed by atoms with Gasteiger partial charge in [-0.3, -0.25) is 0 Å². The molecule has 38 valence electrons. The van der Waals surface area contributed by atoms with Crippen molar-refractivity contribution in [3.63, 3.8) is 0 Å². The third-order valence-corrected chi connectivity index (χ3v) is 3.42. The van der Waals surface area contributed by atoms with Gasteiger partial charge in [0, 0.05) is 5.33 Å². The highest BCUT2D eigenvalue weighted by atomic mass is 79.9. The Morgan fingerprint density at radius 1 is 1.50 bits per heavy atom. The van der Waals surface area contributed by atoms with Gasteiger partial charge in [-0.05, 0) is 6.92 Å². The second-order valence-corrected chi connectivity index (χ2v) is 6.33. The molecule has 0 fully saturated rings. The second-order valence-electron chi connectivity index (χ2n) is 1.20. The van der Waals surface area contributed by atoms with Crippen molar-refractivity contribution >= 4 is 47.8 Å². The number of halogens is 3. The highest BCUT2D eigenvalue weighted by Crippen LogP contribution is 2.26. The van der Waals surface area contributed by atoms with E-state index in [0.717, 1.165) is 5.33 Å². The van der Waals surface area contributed by atoms with E-state index in [1.54, 1.807) is 0 Å². The summed E-state index contributed by atoms with van der Waals surface area (Å²) in [5.74, 6) is 0. The predicted octanol–water partition coefficient (Wildman–Crippen LogP) is 2.89. The summed E-state index contributed by atoms with van der Waals surface area (Å²) in [4.78, 5) is 0. The summed E-state index contributed by atoms with van der Waals surface area (Å²) in [7, 11) is 0. The van der Waals surface area contributed by atoms with Gasteiger partial charge in [-0.25, -0.2) is 0 Å². The minimum absolute atomic E-state index is 0.0833. The van der Waals surface area contributed by atoms with Crippen LogP contribution in [0.1, 0.15) is 6.92 Å². The quantitative estimate of drug-likeness (QED) is 0.648. The first kappa shape index (κ1) is 7.44. The van der Waals surface area contributed by atoms with Crippen LogP contribution in [0, 0.1) is 0 Å². The molecule has 6 heavy (non-hydrogen) atoms. The van der Waals surface area contributed by atoms with Gasteiger partial charge in [0.15, 0.2) is 0 Å². The smallest absolute Gasteiger partial charge is 0.0873 e. The molecular weight excluding hydrogens is 276 g/mol. The van der Waals surface area contributed by atoms with Crippen molar-refractivity contribution in [3.05, 3.63) is 0 Å². The summed E-state index contributed by atoms with van der Waals surface area (Å²) in [6.45, 7) is 2.03. The Kier molecular flexibility index (Phi) is 3.32. The molecular formula is C3H5Br3. The van der Waals surface area contributed by atoms with E-state index in [-0.39, 0.29) is 3.23 Å².